The molecule has 0 aliphatic heterocycles. The normalized spacial score (nSPS) is 13.4. The molecule has 2 heterocycles. The van der Waals surface area contributed by atoms with Crippen LogP contribution in [-0.2, 0) is 0 Å². The number of para-hydroxylation sites is 2. The molecule has 11 rings (SSSR count). The Hall–Kier alpha value is -7.17. The molecule has 1 unspecified atom stereocenters. The number of nitrogens with zero attached hydrogens (tertiary/aromatic N) is 4. The summed E-state index contributed by atoms with van der Waals surface area (Å²) in [5.41, 5.74) is 13.0. The molecule has 54 heavy (non-hydrogen) atoms. The highest BCUT2D eigenvalue weighted by molar-refractivity contribution is 6.26. The Morgan fingerprint density at radius 2 is 0.907 bits per heavy atom. The Kier molecular flexibility index (Phi) is 6.89. The number of aromatic nitrogens is 4. The second kappa shape index (κ2) is 12.2. The molecule has 10 aromatic rings. The van der Waals surface area contributed by atoms with Crippen molar-refractivity contribution in [3.05, 3.63) is 205 Å². The van der Waals surface area contributed by atoms with Gasteiger partial charge in [-0.2, -0.15) is 0 Å². The van der Waals surface area contributed by atoms with Gasteiger partial charge >= 0.3 is 0 Å². The number of benzene rings is 8. The van der Waals surface area contributed by atoms with E-state index in [0.717, 1.165) is 22.4 Å². The van der Waals surface area contributed by atoms with Crippen LogP contribution in [0.25, 0.3) is 83.6 Å². The minimum absolute atomic E-state index is 0.0160. The van der Waals surface area contributed by atoms with Crippen molar-refractivity contribution in [3.63, 3.8) is 0 Å². The van der Waals surface area contributed by atoms with Crippen molar-refractivity contribution in [2.45, 2.75) is 5.92 Å². The second-order valence-corrected chi connectivity index (χ2v) is 13.9. The van der Waals surface area contributed by atoms with Gasteiger partial charge in [0.05, 0.1) is 11.0 Å². The molecular weight excluding hydrogens is 657 g/mol. The van der Waals surface area contributed by atoms with Gasteiger partial charge in [0.2, 0.25) is 0 Å². The zero-order chi connectivity index (χ0) is 35.6. The Morgan fingerprint density at radius 1 is 0.407 bits per heavy atom. The van der Waals surface area contributed by atoms with Crippen molar-refractivity contribution in [2.75, 3.05) is 0 Å². The standard InChI is InChI=1S/C50H32N4/c1-4-16-33(17-5-1)48-51-49(34-18-6-2-7-19-34)53-50(52-48)35-30-28-32(29-31-35)43-37-22-10-11-23-38(37)44-39-24-12-13-25-40(39)45-41-26-14-15-27-42(41)54(47(45)46(43)44)36-20-8-3-9-21-36/h1-31,43H. The first-order valence-corrected chi connectivity index (χ1v) is 18.4. The van der Waals surface area contributed by atoms with Crippen molar-refractivity contribution in [1.82, 2.24) is 19.5 Å². The number of hydrogen-bond acceptors (Lipinski definition) is 3. The van der Waals surface area contributed by atoms with Crippen LogP contribution in [-0.4, -0.2) is 19.5 Å². The quantitative estimate of drug-likeness (QED) is 0.181. The molecule has 0 spiro atoms. The third-order valence-corrected chi connectivity index (χ3v) is 10.9. The van der Waals surface area contributed by atoms with E-state index in [0.29, 0.717) is 17.5 Å². The molecule has 252 valence electrons. The van der Waals surface area contributed by atoms with Crippen LogP contribution < -0.4 is 0 Å². The summed E-state index contributed by atoms with van der Waals surface area (Å²) in [6.07, 6.45) is 0. The van der Waals surface area contributed by atoms with E-state index in [4.69, 9.17) is 15.0 Å². The lowest BCUT2D eigenvalue weighted by atomic mass is 9.86. The summed E-state index contributed by atoms with van der Waals surface area (Å²) in [6, 6.07) is 66.8. The smallest absolute Gasteiger partial charge is 0.164 e. The predicted molar refractivity (Wildman–Crippen MR) is 221 cm³/mol. The highest BCUT2D eigenvalue weighted by Crippen LogP contribution is 2.55. The molecule has 4 heteroatoms. The molecule has 0 amide bonds. The van der Waals surface area contributed by atoms with Crippen LogP contribution in [0, 0.1) is 0 Å². The SMILES string of the molecule is c1ccc(-c2nc(-c3ccccc3)nc(-c3ccc(C4c5ccccc5-c5c4c4c(c6ccccc56)c5ccccc5n4-c4ccccc4)cc3)n2)cc1. The van der Waals surface area contributed by atoms with Gasteiger partial charge in [0.15, 0.2) is 17.5 Å². The Balaban J connectivity index is 1.15. The Bertz CT molecular complexity index is 2960. The Morgan fingerprint density at radius 3 is 1.56 bits per heavy atom. The predicted octanol–water partition coefficient (Wildman–Crippen LogP) is 12.3. The van der Waals surface area contributed by atoms with Gasteiger partial charge in [0, 0.05) is 39.1 Å². The molecule has 0 N–H and O–H groups in total. The van der Waals surface area contributed by atoms with E-state index in [-0.39, 0.29) is 5.92 Å². The topological polar surface area (TPSA) is 43.6 Å². The fourth-order valence-electron chi connectivity index (χ4n) is 8.61. The average Bonchev–Trinajstić information content (AvgIpc) is 3.79. The van der Waals surface area contributed by atoms with Gasteiger partial charge in [-0.1, -0.05) is 170 Å². The van der Waals surface area contributed by atoms with Crippen molar-refractivity contribution < 1.29 is 0 Å². The third kappa shape index (κ3) is 4.67. The van der Waals surface area contributed by atoms with Crippen molar-refractivity contribution in [1.29, 1.82) is 0 Å². The monoisotopic (exact) mass is 688 g/mol. The lowest BCUT2D eigenvalue weighted by Gasteiger charge is -2.19. The highest BCUT2D eigenvalue weighted by atomic mass is 15.0. The molecule has 4 nitrogen and oxygen atoms in total. The van der Waals surface area contributed by atoms with Gasteiger partial charge in [0.25, 0.3) is 0 Å². The van der Waals surface area contributed by atoms with Crippen LogP contribution in [0.4, 0.5) is 0 Å². The van der Waals surface area contributed by atoms with E-state index < -0.39 is 0 Å². The van der Waals surface area contributed by atoms with Crippen LogP contribution in [0.15, 0.2) is 188 Å². The highest BCUT2D eigenvalue weighted by Gasteiger charge is 2.36. The summed E-state index contributed by atoms with van der Waals surface area (Å²) in [5.74, 6) is 1.98. The van der Waals surface area contributed by atoms with Gasteiger partial charge in [-0.25, -0.2) is 15.0 Å². The molecule has 8 aromatic carbocycles. The van der Waals surface area contributed by atoms with Crippen LogP contribution >= 0.6 is 0 Å². The third-order valence-electron chi connectivity index (χ3n) is 10.9. The van der Waals surface area contributed by atoms with Gasteiger partial charge in [-0.05, 0) is 56.8 Å². The van der Waals surface area contributed by atoms with Crippen LogP contribution in [0.5, 0.6) is 0 Å². The van der Waals surface area contributed by atoms with Crippen LogP contribution in [0.2, 0.25) is 0 Å². The number of rotatable bonds is 5. The molecule has 0 bridgehead atoms. The molecule has 0 saturated heterocycles. The summed E-state index contributed by atoms with van der Waals surface area (Å²) in [4.78, 5) is 14.9. The van der Waals surface area contributed by atoms with Gasteiger partial charge in [-0.15, -0.1) is 0 Å². The second-order valence-electron chi connectivity index (χ2n) is 13.9. The van der Waals surface area contributed by atoms with Crippen LogP contribution in [0.1, 0.15) is 22.6 Å². The van der Waals surface area contributed by atoms with Crippen molar-refractivity contribution in [3.8, 4) is 51.0 Å². The van der Waals surface area contributed by atoms with E-state index >= 15 is 0 Å². The Labute approximate surface area is 312 Å². The van der Waals surface area contributed by atoms with E-state index in [9.17, 15) is 0 Å². The average molecular weight is 689 g/mol. The summed E-state index contributed by atoms with van der Waals surface area (Å²) in [5, 5.41) is 5.12. The van der Waals surface area contributed by atoms with Crippen molar-refractivity contribution >= 4 is 32.6 Å². The first kappa shape index (κ1) is 30.5. The molecular formula is C50H32N4. The molecule has 1 atom stereocenters. The summed E-state index contributed by atoms with van der Waals surface area (Å²) < 4.78 is 2.49. The van der Waals surface area contributed by atoms with E-state index in [2.05, 4.69) is 132 Å². The largest absolute Gasteiger partial charge is 0.309 e. The molecule has 1 aliphatic rings. The summed E-state index contributed by atoms with van der Waals surface area (Å²) in [6.45, 7) is 0. The number of fused-ring (bicyclic) bond motifs is 10. The van der Waals surface area contributed by atoms with E-state index in [1.165, 1.54) is 60.4 Å². The van der Waals surface area contributed by atoms with E-state index in [1.807, 2.05) is 60.7 Å². The molecule has 0 radical (unpaired) electrons. The first-order valence-electron chi connectivity index (χ1n) is 18.4. The zero-order valence-corrected chi connectivity index (χ0v) is 29.3. The summed E-state index contributed by atoms with van der Waals surface area (Å²) >= 11 is 0. The molecule has 2 aromatic heterocycles. The minimum Gasteiger partial charge on any atom is -0.309 e. The lowest BCUT2D eigenvalue weighted by molar-refractivity contribution is 1.01. The van der Waals surface area contributed by atoms with Gasteiger partial charge < -0.3 is 4.57 Å². The maximum Gasteiger partial charge on any atom is 0.164 e. The van der Waals surface area contributed by atoms with Gasteiger partial charge in [0.1, 0.15) is 0 Å². The zero-order valence-electron chi connectivity index (χ0n) is 29.3. The number of hydrogen-bond donors (Lipinski definition) is 0. The maximum absolute atomic E-state index is 5.02. The lowest BCUT2D eigenvalue weighted by Crippen LogP contribution is -2.04. The van der Waals surface area contributed by atoms with E-state index in [1.54, 1.807) is 0 Å². The molecule has 0 fully saturated rings. The summed E-state index contributed by atoms with van der Waals surface area (Å²) in [7, 11) is 0. The molecule has 0 saturated carbocycles. The minimum atomic E-state index is 0.0160. The fourth-order valence-corrected chi connectivity index (χ4v) is 8.61. The van der Waals surface area contributed by atoms with Gasteiger partial charge in [-0.3, -0.25) is 0 Å². The first-order chi connectivity index (χ1) is 26.8. The molecule has 1 aliphatic carbocycles. The van der Waals surface area contributed by atoms with Crippen molar-refractivity contribution in [2.24, 2.45) is 0 Å². The maximum atomic E-state index is 5.02. The van der Waals surface area contributed by atoms with Crippen LogP contribution in [0.3, 0.4) is 0 Å². The fraction of sp³-hybridized carbons (Fsp3) is 0.0200.